The van der Waals surface area contributed by atoms with Gasteiger partial charge in [-0.3, -0.25) is 4.72 Å². The fourth-order valence-corrected chi connectivity index (χ4v) is 4.13. The molecule has 26 heavy (non-hydrogen) atoms. The minimum Gasteiger partial charge on any atom is -0.487 e. The zero-order valence-corrected chi connectivity index (χ0v) is 15.0. The van der Waals surface area contributed by atoms with Crippen molar-refractivity contribution >= 4 is 15.7 Å². The Morgan fingerprint density at radius 2 is 2.00 bits per heavy atom. The Labute approximate surface area is 150 Å². The molecule has 2 N–H and O–H groups in total. The lowest BCUT2D eigenvalue weighted by atomic mass is 10.0. The van der Waals surface area contributed by atoms with Crippen LogP contribution in [-0.2, 0) is 16.4 Å². The Kier molecular flexibility index (Phi) is 3.69. The third-order valence-electron chi connectivity index (χ3n) is 4.10. The van der Waals surface area contributed by atoms with Gasteiger partial charge in [-0.1, -0.05) is 12.1 Å². The second kappa shape index (κ2) is 5.80. The molecular weight excluding hydrogens is 354 g/mol. The van der Waals surface area contributed by atoms with Crippen LogP contribution in [0, 0.1) is 0 Å². The molecule has 0 spiro atoms. The van der Waals surface area contributed by atoms with Gasteiger partial charge >= 0.3 is 0 Å². The summed E-state index contributed by atoms with van der Waals surface area (Å²) in [5.41, 5.74) is 1.47. The number of aromatic nitrogens is 4. The van der Waals surface area contributed by atoms with Crippen molar-refractivity contribution in [3.05, 3.63) is 48.0 Å². The molecule has 0 fully saturated rings. The Morgan fingerprint density at radius 3 is 2.77 bits per heavy atom. The summed E-state index contributed by atoms with van der Waals surface area (Å²) in [7, 11) is -3.78. The summed E-state index contributed by atoms with van der Waals surface area (Å²) in [6.45, 7) is 3.95. The number of H-pyrrole nitrogens is 1. The highest BCUT2D eigenvalue weighted by molar-refractivity contribution is 7.92. The van der Waals surface area contributed by atoms with Gasteiger partial charge in [0.1, 0.15) is 11.4 Å². The van der Waals surface area contributed by atoms with Gasteiger partial charge < -0.3 is 4.74 Å². The molecule has 0 saturated heterocycles. The van der Waals surface area contributed by atoms with Crippen molar-refractivity contribution in [1.29, 1.82) is 0 Å². The minimum absolute atomic E-state index is 0.181. The van der Waals surface area contributed by atoms with Crippen LogP contribution in [0.15, 0.2) is 47.4 Å². The van der Waals surface area contributed by atoms with Crippen LogP contribution < -0.4 is 9.46 Å². The summed E-state index contributed by atoms with van der Waals surface area (Å²) < 4.78 is 34.2. The lowest BCUT2D eigenvalue weighted by molar-refractivity contribution is 0.138. The summed E-state index contributed by atoms with van der Waals surface area (Å²) in [6, 6.07) is 11.8. The van der Waals surface area contributed by atoms with Crippen molar-refractivity contribution in [3.8, 4) is 17.1 Å². The molecule has 2 aromatic carbocycles. The first-order valence-corrected chi connectivity index (χ1v) is 9.50. The summed E-state index contributed by atoms with van der Waals surface area (Å²) >= 11 is 0. The Morgan fingerprint density at radius 1 is 1.19 bits per heavy atom. The van der Waals surface area contributed by atoms with Crippen molar-refractivity contribution < 1.29 is 13.2 Å². The number of para-hydroxylation sites is 1. The van der Waals surface area contributed by atoms with Crippen LogP contribution in [0.1, 0.15) is 19.4 Å². The standard InChI is InChI=1S/C17H17N5O3S/c1-17(2)10-11-9-12(7-8-15(11)25-17)26(23,24)20-14-6-4-3-5-13(14)16-18-21-22-19-16/h3-9,20H,10H2,1-2H3,(H,18,19,21,22). The molecule has 8 nitrogen and oxygen atoms in total. The van der Waals surface area contributed by atoms with E-state index >= 15 is 0 Å². The molecule has 0 radical (unpaired) electrons. The van der Waals surface area contributed by atoms with E-state index in [-0.39, 0.29) is 10.5 Å². The van der Waals surface area contributed by atoms with Gasteiger partial charge in [0.2, 0.25) is 5.82 Å². The highest BCUT2D eigenvalue weighted by Gasteiger charge is 2.31. The maximum Gasteiger partial charge on any atom is 0.261 e. The molecule has 0 amide bonds. The number of sulfonamides is 1. The first-order chi connectivity index (χ1) is 12.3. The molecule has 0 aliphatic carbocycles. The number of anilines is 1. The summed E-state index contributed by atoms with van der Waals surface area (Å²) in [6.07, 6.45) is 0.658. The van der Waals surface area contributed by atoms with E-state index in [1.165, 1.54) is 0 Å². The number of rotatable bonds is 4. The fourth-order valence-electron chi connectivity index (χ4n) is 3.00. The zero-order valence-electron chi connectivity index (χ0n) is 14.2. The molecule has 3 aromatic rings. The van der Waals surface area contributed by atoms with E-state index in [1.54, 1.807) is 42.5 Å². The Hall–Kier alpha value is -2.94. The molecule has 9 heteroatoms. The number of tetrazole rings is 1. The monoisotopic (exact) mass is 371 g/mol. The van der Waals surface area contributed by atoms with E-state index in [2.05, 4.69) is 25.3 Å². The predicted octanol–water partition coefficient (Wildman–Crippen LogP) is 2.38. The molecular formula is C17H17N5O3S. The maximum absolute atomic E-state index is 12.9. The van der Waals surface area contributed by atoms with E-state index < -0.39 is 10.0 Å². The number of hydrogen-bond acceptors (Lipinski definition) is 6. The number of aromatic amines is 1. The molecule has 1 aliphatic rings. The van der Waals surface area contributed by atoms with Crippen LogP contribution in [0.5, 0.6) is 5.75 Å². The predicted molar refractivity (Wildman–Crippen MR) is 95.3 cm³/mol. The van der Waals surface area contributed by atoms with Crippen LogP contribution in [-0.4, -0.2) is 34.6 Å². The number of nitrogens with one attached hydrogen (secondary N) is 2. The van der Waals surface area contributed by atoms with Gasteiger partial charge in [0.05, 0.1) is 10.6 Å². The lowest BCUT2D eigenvalue weighted by Gasteiger charge is -2.16. The van der Waals surface area contributed by atoms with Gasteiger partial charge in [0, 0.05) is 12.0 Å². The average Bonchev–Trinajstić information content (AvgIpc) is 3.20. The number of ether oxygens (including phenoxy) is 1. The second-order valence-corrected chi connectivity index (χ2v) is 8.38. The van der Waals surface area contributed by atoms with Crippen LogP contribution in [0.3, 0.4) is 0 Å². The van der Waals surface area contributed by atoms with Gasteiger partial charge in [-0.2, -0.15) is 5.21 Å². The Balaban J connectivity index is 1.68. The van der Waals surface area contributed by atoms with Crippen molar-refractivity contribution in [3.63, 3.8) is 0 Å². The molecule has 2 heterocycles. The quantitative estimate of drug-likeness (QED) is 0.729. The number of nitrogens with zero attached hydrogens (tertiary/aromatic N) is 3. The molecule has 1 aromatic heterocycles. The van der Waals surface area contributed by atoms with Gasteiger partial charge in [0.15, 0.2) is 0 Å². The van der Waals surface area contributed by atoms with Crippen molar-refractivity contribution in [2.45, 2.75) is 30.8 Å². The summed E-state index contributed by atoms with van der Waals surface area (Å²) in [5, 5.41) is 13.7. The third kappa shape index (κ3) is 3.01. The van der Waals surface area contributed by atoms with E-state index in [4.69, 9.17) is 4.74 Å². The summed E-state index contributed by atoms with van der Waals surface area (Å²) in [5.74, 6) is 1.04. The van der Waals surface area contributed by atoms with E-state index in [1.807, 2.05) is 13.8 Å². The van der Waals surface area contributed by atoms with Crippen LogP contribution in [0.2, 0.25) is 0 Å². The number of hydrogen-bond donors (Lipinski definition) is 2. The average molecular weight is 371 g/mol. The highest BCUT2D eigenvalue weighted by atomic mass is 32.2. The maximum atomic E-state index is 12.9. The minimum atomic E-state index is -3.78. The fraction of sp³-hybridized carbons (Fsp3) is 0.235. The van der Waals surface area contributed by atoms with Crippen molar-refractivity contribution in [2.75, 3.05) is 4.72 Å². The zero-order chi connectivity index (χ0) is 18.4. The highest BCUT2D eigenvalue weighted by Crippen LogP contribution is 2.36. The lowest BCUT2D eigenvalue weighted by Crippen LogP contribution is -2.24. The molecule has 0 bridgehead atoms. The van der Waals surface area contributed by atoms with Gasteiger partial charge in [-0.25, -0.2) is 8.42 Å². The largest absolute Gasteiger partial charge is 0.487 e. The number of benzene rings is 2. The molecule has 1 aliphatic heterocycles. The third-order valence-corrected chi connectivity index (χ3v) is 5.47. The van der Waals surface area contributed by atoms with E-state index in [0.717, 1.165) is 11.3 Å². The van der Waals surface area contributed by atoms with Gasteiger partial charge in [0.25, 0.3) is 10.0 Å². The van der Waals surface area contributed by atoms with Crippen LogP contribution in [0.25, 0.3) is 11.4 Å². The second-order valence-electron chi connectivity index (χ2n) is 6.69. The van der Waals surface area contributed by atoms with Crippen molar-refractivity contribution in [2.24, 2.45) is 0 Å². The van der Waals surface area contributed by atoms with E-state index in [9.17, 15) is 8.42 Å². The molecule has 0 unspecified atom stereocenters. The molecule has 134 valence electrons. The number of fused-ring (bicyclic) bond motifs is 1. The summed E-state index contributed by atoms with van der Waals surface area (Å²) in [4.78, 5) is 0.181. The molecule has 4 rings (SSSR count). The normalized spacial score (nSPS) is 15.3. The first-order valence-electron chi connectivity index (χ1n) is 8.02. The van der Waals surface area contributed by atoms with Crippen LogP contribution in [0.4, 0.5) is 5.69 Å². The van der Waals surface area contributed by atoms with Crippen molar-refractivity contribution in [1.82, 2.24) is 20.6 Å². The topological polar surface area (TPSA) is 110 Å². The van der Waals surface area contributed by atoms with Gasteiger partial charge in [-0.05, 0) is 55.0 Å². The SMILES string of the molecule is CC1(C)Cc2cc(S(=O)(=O)Nc3ccccc3-c3nn[nH]n3)ccc2O1. The smallest absolute Gasteiger partial charge is 0.261 e. The van der Waals surface area contributed by atoms with Gasteiger partial charge in [-0.15, -0.1) is 10.2 Å². The first kappa shape index (κ1) is 16.5. The molecule has 0 atom stereocenters. The van der Waals surface area contributed by atoms with E-state index in [0.29, 0.717) is 23.5 Å². The molecule has 0 saturated carbocycles. The Bertz CT molecular complexity index is 1060. The van der Waals surface area contributed by atoms with Crippen LogP contribution >= 0.6 is 0 Å².